The van der Waals surface area contributed by atoms with Crippen molar-refractivity contribution < 1.29 is 4.74 Å². The molecule has 1 rings (SSSR count). The fraction of sp³-hybridized carbons (Fsp3) is 0.538. The van der Waals surface area contributed by atoms with Crippen LogP contribution in [0.1, 0.15) is 12.0 Å². The summed E-state index contributed by atoms with van der Waals surface area (Å²) in [6, 6.07) is 5.94. The van der Waals surface area contributed by atoms with Crippen LogP contribution in [0, 0.1) is 0 Å². The minimum atomic E-state index is 0.675. The molecule has 0 amide bonds. The number of hydrogen-bond acceptors (Lipinski definition) is 3. The van der Waals surface area contributed by atoms with Crippen molar-refractivity contribution in [3.05, 3.63) is 28.8 Å². The third kappa shape index (κ3) is 4.94. The number of benzene rings is 1. The first kappa shape index (κ1) is 14.3. The summed E-state index contributed by atoms with van der Waals surface area (Å²) in [7, 11) is 5.72. The van der Waals surface area contributed by atoms with Crippen LogP contribution in [0.3, 0.4) is 0 Å². The molecule has 0 saturated carbocycles. The Kier molecular flexibility index (Phi) is 6.34. The normalized spacial score (nSPS) is 10.9. The van der Waals surface area contributed by atoms with E-state index in [0.29, 0.717) is 5.02 Å². The first-order valence-corrected chi connectivity index (χ1v) is 6.20. The number of nitrogens with zero attached hydrogens (tertiary/aromatic N) is 1. The first-order chi connectivity index (χ1) is 8.17. The van der Waals surface area contributed by atoms with Gasteiger partial charge >= 0.3 is 0 Å². The van der Waals surface area contributed by atoms with Crippen LogP contribution in [0.15, 0.2) is 18.2 Å². The van der Waals surface area contributed by atoms with Gasteiger partial charge in [0.05, 0.1) is 12.1 Å². The molecule has 0 aromatic heterocycles. The highest BCUT2D eigenvalue weighted by molar-refractivity contribution is 6.32. The molecule has 0 atom stereocenters. The summed E-state index contributed by atoms with van der Waals surface area (Å²) in [4.78, 5) is 2.29. The topological polar surface area (TPSA) is 24.5 Å². The zero-order valence-electron chi connectivity index (χ0n) is 10.8. The summed E-state index contributed by atoms with van der Waals surface area (Å²) < 4.78 is 5.13. The quantitative estimate of drug-likeness (QED) is 0.759. The molecule has 4 heteroatoms. The van der Waals surface area contributed by atoms with Gasteiger partial charge < -0.3 is 15.0 Å². The Labute approximate surface area is 109 Å². The lowest BCUT2D eigenvalue weighted by atomic mass is 10.2. The molecule has 0 fully saturated rings. The molecule has 0 saturated heterocycles. The average molecular weight is 257 g/mol. The van der Waals surface area contributed by atoms with Gasteiger partial charge in [0.2, 0.25) is 0 Å². The van der Waals surface area contributed by atoms with Crippen LogP contribution in [0.5, 0.6) is 5.75 Å². The van der Waals surface area contributed by atoms with Crippen molar-refractivity contribution >= 4 is 11.6 Å². The van der Waals surface area contributed by atoms with Crippen LogP contribution in [-0.4, -0.2) is 39.2 Å². The Hall–Kier alpha value is -0.770. The number of methoxy groups -OCH3 is 1. The maximum atomic E-state index is 6.09. The van der Waals surface area contributed by atoms with Crippen molar-refractivity contribution in [2.45, 2.75) is 13.0 Å². The Bertz CT molecular complexity index is 344. The lowest BCUT2D eigenvalue weighted by Crippen LogP contribution is -2.22. The van der Waals surface area contributed by atoms with E-state index in [1.807, 2.05) is 19.2 Å². The Balaban J connectivity index is 2.48. The van der Waals surface area contributed by atoms with Gasteiger partial charge in [0.1, 0.15) is 5.75 Å². The van der Waals surface area contributed by atoms with E-state index in [1.165, 1.54) is 5.56 Å². The molecule has 1 N–H and O–H groups in total. The van der Waals surface area contributed by atoms with Crippen LogP contribution in [0.4, 0.5) is 0 Å². The third-order valence-electron chi connectivity index (χ3n) is 2.64. The van der Waals surface area contributed by atoms with Crippen molar-refractivity contribution in [2.24, 2.45) is 0 Å². The summed E-state index contributed by atoms with van der Waals surface area (Å²) >= 11 is 6.09. The van der Waals surface area contributed by atoms with Crippen LogP contribution in [0.2, 0.25) is 5.02 Å². The zero-order valence-corrected chi connectivity index (χ0v) is 11.5. The second-order valence-corrected chi connectivity index (χ2v) is 4.57. The molecule has 1 aromatic carbocycles. The molecular weight excluding hydrogens is 236 g/mol. The molecule has 0 aliphatic heterocycles. The molecule has 0 spiro atoms. The van der Waals surface area contributed by atoms with Gasteiger partial charge in [0.25, 0.3) is 0 Å². The predicted molar refractivity (Wildman–Crippen MR) is 72.9 cm³/mol. The molecule has 96 valence electrons. The van der Waals surface area contributed by atoms with Crippen LogP contribution in [0.25, 0.3) is 0 Å². The second-order valence-electron chi connectivity index (χ2n) is 4.16. The highest BCUT2D eigenvalue weighted by Gasteiger charge is 2.04. The van der Waals surface area contributed by atoms with Crippen molar-refractivity contribution in [1.29, 1.82) is 0 Å². The lowest BCUT2D eigenvalue weighted by molar-refractivity contribution is 0.321. The maximum absolute atomic E-state index is 6.09. The fourth-order valence-electron chi connectivity index (χ4n) is 1.72. The molecule has 0 bridgehead atoms. The van der Waals surface area contributed by atoms with Crippen molar-refractivity contribution in [3.8, 4) is 5.75 Å². The molecule has 1 aromatic rings. The Morgan fingerprint density at radius 1 is 1.41 bits per heavy atom. The van der Waals surface area contributed by atoms with E-state index in [9.17, 15) is 0 Å². The summed E-state index contributed by atoms with van der Waals surface area (Å²) in [6.45, 7) is 3.03. The maximum Gasteiger partial charge on any atom is 0.137 e. The van der Waals surface area contributed by atoms with E-state index >= 15 is 0 Å². The summed E-state index contributed by atoms with van der Waals surface area (Å²) in [5, 5.41) is 3.82. The Morgan fingerprint density at radius 2 is 2.18 bits per heavy atom. The van der Waals surface area contributed by atoms with Gasteiger partial charge in [-0.05, 0) is 51.3 Å². The van der Waals surface area contributed by atoms with Crippen LogP contribution < -0.4 is 10.1 Å². The van der Waals surface area contributed by atoms with Crippen molar-refractivity contribution in [3.63, 3.8) is 0 Å². The van der Waals surface area contributed by atoms with Crippen LogP contribution in [-0.2, 0) is 6.54 Å². The van der Waals surface area contributed by atoms with Gasteiger partial charge in [-0.3, -0.25) is 0 Å². The number of nitrogens with one attached hydrogen (secondary N) is 1. The first-order valence-electron chi connectivity index (χ1n) is 5.83. The average Bonchev–Trinajstić information content (AvgIpc) is 2.29. The Morgan fingerprint density at radius 3 is 2.76 bits per heavy atom. The smallest absolute Gasteiger partial charge is 0.137 e. The largest absolute Gasteiger partial charge is 0.495 e. The molecule has 17 heavy (non-hydrogen) atoms. The van der Waals surface area contributed by atoms with Crippen molar-refractivity contribution in [1.82, 2.24) is 10.2 Å². The monoisotopic (exact) mass is 256 g/mol. The minimum Gasteiger partial charge on any atom is -0.495 e. The van der Waals surface area contributed by atoms with Gasteiger partial charge in [0, 0.05) is 6.54 Å². The number of ether oxygens (including phenoxy) is 1. The predicted octanol–water partition coefficient (Wildman–Crippen LogP) is 2.39. The van der Waals surface area contributed by atoms with Gasteiger partial charge in [-0.25, -0.2) is 0 Å². The van der Waals surface area contributed by atoms with E-state index in [0.717, 1.165) is 31.8 Å². The SMILES string of the molecule is CNCCCN(C)Cc1ccc(OC)c(Cl)c1. The van der Waals surface area contributed by atoms with E-state index in [2.05, 4.69) is 23.3 Å². The van der Waals surface area contributed by atoms with Gasteiger partial charge in [-0.15, -0.1) is 0 Å². The molecule has 0 heterocycles. The fourth-order valence-corrected chi connectivity index (χ4v) is 2.01. The molecule has 0 aliphatic carbocycles. The molecule has 0 aliphatic rings. The van der Waals surface area contributed by atoms with E-state index in [1.54, 1.807) is 7.11 Å². The minimum absolute atomic E-state index is 0.675. The highest BCUT2D eigenvalue weighted by atomic mass is 35.5. The number of halogens is 1. The van der Waals surface area contributed by atoms with E-state index < -0.39 is 0 Å². The van der Waals surface area contributed by atoms with E-state index in [4.69, 9.17) is 16.3 Å². The summed E-state index contributed by atoms with van der Waals surface area (Å²) in [6.07, 6.45) is 1.15. The van der Waals surface area contributed by atoms with Gasteiger partial charge in [-0.2, -0.15) is 0 Å². The molecule has 3 nitrogen and oxygen atoms in total. The number of rotatable bonds is 7. The van der Waals surface area contributed by atoms with Crippen molar-refractivity contribution in [2.75, 3.05) is 34.3 Å². The second kappa shape index (κ2) is 7.54. The third-order valence-corrected chi connectivity index (χ3v) is 2.93. The van der Waals surface area contributed by atoms with E-state index in [-0.39, 0.29) is 0 Å². The molecule has 0 unspecified atom stereocenters. The molecular formula is C13H21ClN2O. The highest BCUT2D eigenvalue weighted by Crippen LogP contribution is 2.25. The standard InChI is InChI=1S/C13H21ClN2O/c1-15-7-4-8-16(2)10-11-5-6-13(17-3)12(14)9-11/h5-6,9,15H,4,7-8,10H2,1-3H3. The zero-order chi connectivity index (χ0) is 12.7. The number of hydrogen-bond donors (Lipinski definition) is 1. The summed E-state index contributed by atoms with van der Waals surface area (Å²) in [5.74, 6) is 0.730. The van der Waals surface area contributed by atoms with Gasteiger partial charge in [-0.1, -0.05) is 17.7 Å². The van der Waals surface area contributed by atoms with Crippen LogP contribution >= 0.6 is 11.6 Å². The lowest BCUT2D eigenvalue weighted by Gasteiger charge is -2.17. The summed E-state index contributed by atoms with van der Waals surface area (Å²) in [5.41, 5.74) is 1.21. The molecule has 0 radical (unpaired) electrons. The van der Waals surface area contributed by atoms with Gasteiger partial charge in [0.15, 0.2) is 0 Å².